The van der Waals surface area contributed by atoms with Gasteiger partial charge in [-0.25, -0.2) is 4.98 Å². The zero-order valence-corrected chi connectivity index (χ0v) is 21.0. The van der Waals surface area contributed by atoms with Crippen LogP contribution in [-0.2, 0) is 17.9 Å². The van der Waals surface area contributed by atoms with Gasteiger partial charge < -0.3 is 19.1 Å². The summed E-state index contributed by atoms with van der Waals surface area (Å²) >= 11 is 0. The van der Waals surface area contributed by atoms with Crippen LogP contribution in [0.3, 0.4) is 0 Å². The third-order valence-corrected chi connectivity index (χ3v) is 6.92. The lowest BCUT2D eigenvalue weighted by molar-refractivity contribution is -0.274. The summed E-state index contributed by atoms with van der Waals surface area (Å²) in [5.74, 6) is 2.91. The Kier molecular flexibility index (Phi) is 7.67. The average molecular weight is 508 g/mol. The minimum Gasteiger partial charge on any atom is -0.406 e. The fourth-order valence-corrected chi connectivity index (χ4v) is 5.06. The van der Waals surface area contributed by atoms with Crippen LogP contribution in [0.2, 0.25) is 0 Å². The van der Waals surface area contributed by atoms with Crippen LogP contribution in [0.1, 0.15) is 41.9 Å². The number of alkyl halides is 3. The molecule has 0 atom stereocenters. The Balaban J connectivity index is 1.62. The molecule has 2 saturated heterocycles. The standard InChI is InChI=1S/C25H30F3N4O2S/c1-30-22(24(33)32-14-9-19(10-15-32)31-12-4-5-13-31)21(11-16-35(2)3)29-23(30)18-7-6-8-20(17-18)34-25(26,27)28/h6-8,17,19H,4-5,9-10,12-15H2,1-3H3/q+1. The number of nitrogens with zero attached hydrogens (tertiary/aromatic N) is 4. The van der Waals surface area contributed by atoms with Gasteiger partial charge in [0.1, 0.15) is 35.5 Å². The van der Waals surface area contributed by atoms with Gasteiger partial charge in [0.25, 0.3) is 5.91 Å². The third kappa shape index (κ3) is 6.14. The number of ether oxygens (including phenoxy) is 1. The number of hydrogen-bond acceptors (Lipinski definition) is 4. The summed E-state index contributed by atoms with van der Waals surface area (Å²) in [4.78, 5) is 22.6. The molecule has 0 N–H and O–H groups in total. The van der Waals surface area contributed by atoms with Gasteiger partial charge in [0.2, 0.25) is 0 Å². The second-order valence-electron chi connectivity index (χ2n) is 9.08. The van der Waals surface area contributed by atoms with E-state index in [1.807, 2.05) is 17.4 Å². The molecule has 0 radical (unpaired) electrons. The Bertz CT molecular complexity index is 1120. The number of rotatable bonds is 4. The minimum absolute atomic E-state index is 0.148. The Morgan fingerprint density at radius 3 is 2.46 bits per heavy atom. The predicted octanol–water partition coefficient (Wildman–Crippen LogP) is 3.87. The molecular formula is C25H30F3N4O2S+. The fraction of sp³-hybridized carbons (Fsp3) is 0.520. The average Bonchev–Trinajstić information content (AvgIpc) is 3.45. The van der Waals surface area contributed by atoms with Gasteiger partial charge in [-0.2, -0.15) is 0 Å². The number of carbonyl (C=O) groups excluding carboxylic acids is 1. The quantitative estimate of drug-likeness (QED) is 0.466. The molecule has 2 aliphatic heterocycles. The van der Waals surface area contributed by atoms with E-state index in [1.165, 1.54) is 31.0 Å². The molecule has 0 aliphatic carbocycles. The maximum atomic E-state index is 13.6. The maximum absolute atomic E-state index is 13.6. The van der Waals surface area contributed by atoms with Crippen molar-refractivity contribution in [3.63, 3.8) is 0 Å². The maximum Gasteiger partial charge on any atom is 0.573 e. The highest BCUT2D eigenvalue weighted by atomic mass is 32.2. The van der Waals surface area contributed by atoms with Gasteiger partial charge in [0, 0.05) is 37.7 Å². The molecule has 4 rings (SSSR count). The summed E-state index contributed by atoms with van der Waals surface area (Å²) in [5, 5.41) is 3.09. The topological polar surface area (TPSA) is 50.6 Å². The second-order valence-corrected chi connectivity index (χ2v) is 10.9. The highest BCUT2D eigenvalue weighted by Gasteiger charge is 2.33. The summed E-state index contributed by atoms with van der Waals surface area (Å²) in [6, 6.07) is 6.13. The minimum atomic E-state index is -4.79. The number of carbonyl (C=O) groups is 1. The predicted molar refractivity (Wildman–Crippen MR) is 131 cm³/mol. The lowest BCUT2D eigenvalue weighted by atomic mass is 10.0. The van der Waals surface area contributed by atoms with Crippen molar-refractivity contribution in [3.05, 3.63) is 35.7 Å². The molecular weight excluding hydrogens is 477 g/mol. The Morgan fingerprint density at radius 1 is 1.14 bits per heavy atom. The number of piperidine rings is 1. The van der Waals surface area contributed by atoms with Gasteiger partial charge in [0.15, 0.2) is 5.25 Å². The van der Waals surface area contributed by atoms with Gasteiger partial charge in [0.05, 0.1) is 10.9 Å². The van der Waals surface area contributed by atoms with Gasteiger partial charge in [-0.15, -0.1) is 13.2 Å². The number of aromatic nitrogens is 2. The molecule has 2 fully saturated rings. The largest absolute Gasteiger partial charge is 0.573 e. The van der Waals surface area contributed by atoms with E-state index in [4.69, 9.17) is 0 Å². The monoisotopic (exact) mass is 507 g/mol. The first-order valence-corrected chi connectivity index (χ1v) is 13.7. The van der Waals surface area contributed by atoms with Crippen molar-refractivity contribution in [2.75, 3.05) is 38.7 Å². The summed E-state index contributed by atoms with van der Waals surface area (Å²) in [5.41, 5.74) is 1.12. The summed E-state index contributed by atoms with van der Waals surface area (Å²) in [7, 11) is 1.51. The number of halogens is 3. The first-order chi connectivity index (χ1) is 16.6. The lowest BCUT2D eigenvalue weighted by Gasteiger charge is -2.36. The summed E-state index contributed by atoms with van der Waals surface area (Å²) in [6.45, 7) is 3.59. The molecule has 10 heteroatoms. The van der Waals surface area contributed by atoms with Crippen molar-refractivity contribution in [3.8, 4) is 28.3 Å². The summed E-state index contributed by atoms with van der Waals surface area (Å²) in [6.07, 6.45) is 3.50. The van der Waals surface area contributed by atoms with E-state index in [9.17, 15) is 18.0 Å². The number of benzene rings is 1. The van der Waals surface area contributed by atoms with E-state index >= 15 is 0 Å². The first-order valence-electron chi connectivity index (χ1n) is 11.7. The van der Waals surface area contributed by atoms with E-state index in [2.05, 4.69) is 25.8 Å². The molecule has 0 bridgehead atoms. The van der Waals surface area contributed by atoms with Crippen molar-refractivity contribution < 1.29 is 22.7 Å². The molecule has 188 valence electrons. The zero-order chi connectivity index (χ0) is 25.2. The molecule has 3 heterocycles. The van der Waals surface area contributed by atoms with Crippen LogP contribution < -0.4 is 4.74 Å². The third-order valence-electron chi connectivity index (χ3n) is 6.41. The highest BCUT2D eigenvalue weighted by molar-refractivity contribution is 8.00. The molecule has 6 nitrogen and oxygen atoms in total. The zero-order valence-electron chi connectivity index (χ0n) is 20.2. The van der Waals surface area contributed by atoms with Crippen LogP contribution in [0.15, 0.2) is 24.3 Å². The number of hydrogen-bond donors (Lipinski definition) is 0. The van der Waals surface area contributed by atoms with Crippen LogP contribution in [0.4, 0.5) is 13.2 Å². The van der Waals surface area contributed by atoms with E-state index in [-0.39, 0.29) is 22.6 Å². The van der Waals surface area contributed by atoms with Crippen LogP contribution in [0.5, 0.6) is 5.75 Å². The van der Waals surface area contributed by atoms with Crippen molar-refractivity contribution >= 4 is 16.8 Å². The van der Waals surface area contributed by atoms with Crippen molar-refractivity contribution in [1.29, 1.82) is 0 Å². The molecule has 35 heavy (non-hydrogen) atoms. The van der Waals surface area contributed by atoms with E-state index in [1.54, 1.807) is 17.7 Å². The van der Waals surface area contributed by atoms with Gasteiger partial charge >= 0.3 is 6.36 Å². The molecule has 1 aromatic heterocycles. The fourth-order valence-electron chi connectivity index (χ4n) is 4.76. The second kappa shape index (κ2) is 10.5. The molecule has 1 amide bonds. The van der Waals surface area contributed by atoms with Gasteiger partial charge in [-0.1, -0.05) is 12.1 Å². The van der Waals surface area contributed by atoms with Crippen LogP contribution in [0, 0.1) is 11.2 Å². The highest BCUT2D eigenvalue weighted by Crippen LogP contribution is 2.29. The van der Waals surface area contributed by atoms with Crippen molar-refractivity contribution in [2.45, 2.75) is 38.1 Å². The lowest BCUT2D eigenvalue weighted by Crippen LogP contribution is -2.46. The molecule has 2 aliphatic rings. The van der Waals surface area contributed by atoms with Crippen molar-refractivity contribution in [2.24, 2.45) is 7.05 Å². The molecule has 2 aromatic rings. The van der Waals surface area contributed by atoms with Crippen LogP contribution in [-0.4, -0.2) is 76.4 Å². The molecule has 0 spiro atoms. The summed E-state index contributed by atoms with van der Waals surface area (Å²) < 4.78 is 43.9. The van der Waals surface area contributed by atoms with E-state index in [0.717, 1.165) is 25.9 Å². The molecule has 0 unspecified atom stereocenters. The van der Waals surface area contributed by atoms with Gasteiger partial charge in [-0.05, 0) is 50.9 Å². The number of imidazole rings is 1. The normalized spacial score (nSPS) is 17.5. The van der Waals surface area contributed by atoms with Gasteiger partial charge in [-0.3, -0.25) is 4.79 Å². The van der Waals surface area contributed by atoms with Crippen LogP contribution >= 0.6 is 0 Å². The van der Waals surface area contributed by atoms with E-state index in [0.29, 0.717) is 41.9 Å². The van der Waals surface area contributed by atoms with Crippen molar-refractivity contribution in [1.82, 2.24) is 19.4 Å². The number of amides is 1. The molecule has 1 aromatic carbocycles. The Morgan fingerprint density at radius 2 is 1.83 bits per heavy atom. The van der Waals surface area contributed by atoms with E-state index < -0.39 is 6.36 Å². The number of likely N-dealkylation sites (tertiary alicyclic amines) is 2. The Labute approximate surface area is 206 Å². The smallest absolute Gasteiger partial charge is 0.406 e. The van der Waals surface area contributed by atoms with Crippen LogP contribution in [0.25, 0.3) is 11.4 Å². The molecule has 0 saturated carbocycles. The Hall–Kier alpha value is -2.64. The SMILES string of the molecule is Cn1c(-c2cccc(OC(F)(F)F)c2)nc(C#C[S+](C)C)c1C(=O)N1CCC(N2CCCC2)CC1. The first kappa shape index (κ1) is 25.5.